The van der Waals surface area contributed by atoms with E-state index in [2.05, 4.69) is 39.0 Å². The van der Waals surface area contributed by atoms with Crippen LogP contribution in [0.5, 0.6) is 0 Å². The van der Waals surface area contributed by atoms with Crippen LogP contribution in [0.15, 0.2) is 28.7 Å². The summed E-state index contributed by atoms with van der Waals surface area (Å²) in [6.07, 6.45) is 4.96. The summed E-state index contributed by atoms with van der Waals surface area (Å²) >= 11 is 0. The Bertz CT molecular complexity index is 601. The van der Waals surface area contributed by atoms with Crippen molar-refractivity contribution in [2.75, 3.05) is 0 Å². The zero-order valence-electron chi connectivity index (χ0n) is 12.8. The van der Waals surface area contributed by atoms with Crippen LogP contribution in [0.25, 0.3) is 11.0 Å². The quantitative estimate of drug-likeness (QED) is 0.838. The second kappa shape index (κ2) is 4.92. The van der Waals surface area contributed by atoms with E-state index in [1.54, 1.807) is 0 Å². The number of hydrogen-bond donors (Lipinski definition) is 1. The van der Waals surface area contributed by atoms with Crippen molar-refractivity contribution in [3.05, 3.63) is 35.6 Å². The van der Waals surface area contributed by atoms with Crippen LogP contribution in [0.1, 0.15) is 56.9 Å². The molecule has 1 unspecified atom stereocenters. The molecule has 2 aromatic rings. The van der Waals surface area contributed by atoms with Gasteiger partial charge in [-0.3, -0.25) is 0 Å². The summed E-state index contributed by atoms with van der Waals surface area (Å²) in [7, 11) is 0. The van der Waals surface area contributed by atoms with Crippen LogP contribution in [0.3, 0.4) is 0 Å². The van der Waals surface area contributed by atoms with Crippen LogP contribution in [-0.4, -0.2) is 0 Å². The lowest BCUT2D eigenvalue weighted by Gasteiger charge is -2.36. The number of furan rings is 1. The average Bonchev–Trinajstić information content (AvgIpc) is 2.80. The number of nitrogens with two attached hydrogens (primary N) is 1. The summed E-state index contributed by atoms with van der Waals surface area (Å²) in [5.41, 5.74) is 9.17. The lowest BCUT2D eigenvalue weighted by molar-refractivity contribution is 0.167. The van der Waals surface area contributed by atoms with Gasteiger partial charge in [0.2, 0.25) is 0 Å². The molecule has 1 aliphatic rings. The van der Waals surface area contributed by atoms with E-state index >= 15 is 0 Å². The monoisotopic (exact) mass is 271 g/mol. The fourth-order valence-electron chi connectivity index (χ4n) is 3.36. The zero-order chi connectivity index (χ0) is 14.3. The summed E-state index contributed by atoms with van der Waals surface area (Å²) in [5.74, 6) is 1.51. The third-order valence-electron chi connectivity index (χ3n) is 4.91. The van der Waals surface area contributed by atoms with Crippen LogP contribution in [0, 0.1) is 18.3 Å². The molecular formula is C18H25NO. The fourth-order valence-corrected chi connectivity index (χ4v) is 3.36. The van der Waals surface area contributed by atoms with Gasteiger partial charge in [0, 0.05) is 5.39 Å². The van der Waals surface area contributed by atoms with E-state index in [-0.39, 0.29) is 6.04 Å². The molecule has 2 heteroatoms. The van der Waals surface area contributed by atoms with Gasteiger partial charge in [0.1, 0.15) is 11.3 Å². The second-order valence-corrected chi connectivity index (χ2v) is 7.22. The maximum atomic E-state index is 6.47. The molecule has 20 heavy (non-hydrogen) atoms. The Labute approximate surface area is 121 Å². The van der Waals surface area contributed by atoms with E-state index in [0.29, 0.717) is 11.3 Å². The van der Waals surface area contributed by atoms with E-state index < -0.39 is 0 Å². The molecule has 1 heterocycles. The molecule has 0 saturated heterocycles. The average molecular weight is 271 g/mol. The van der Waals surface area contributed by atoms with Gasteiger partial charge < -0.3 is 10.2 Å². The SMILES string of the molecule is Cc1ccc2oc(C(N)C3CCC(C)(C)CC3)cc2c1. The number of aryl methyl sites for hydroxylation is 1. The van der Waals surface area contributed by atoms with Crippen molar-refractivity contribution in [2.24, 2.45) is 17.1 Å². The third kappa shape index (κ3) is 2.62. The van der Waals surface area contributed by atoms with Crippen molar-refractivity contribution in [2.45, 2.75) is 52.5 Å². The summed E-state index contributed by atoms with van der Waals surface area (Å²) in [4.78, 5) is 0. The first-order valence-electron chi connectivity index (χ1n) is 7.70. The molecule has 1 saturated carbocycles. The first kappa shape index (κ1) is 13.7. The molecule has 3 rings (SSSR count). The first-order chi connectivity index (χ1) is 9.44. The van der Waals surface area contributed by atoms with Crippen molar-refractivity contribution in [1.29, 1.82) is 0 Å². The molecule has 2 N–H and O–H groups in total. The maximum Gasteiger partial charge on any atom is 0.134 e. The fraction of sp³-hybridized carbons (Fsp3) is 0.556. The van der Waals surface area contributed by atoms with Gasteiger partial charge >= 0.3 is 0 Å². The minimum Gasteiger partial charge on any atom is -0.459 e. The highest BCUT2D eigenvalue weighted by Crippen LogP contribution is 2.42. The maximum absolute atomic E-state index is 6.47. The van der Waals surface area contributed by atoms with Gasteiger partial charge in [-0.05, 0) is 62.1 Å². The summed E-state index contributed by atoms with van der Waals surface area (Å²) in [6, 6.07) is 8.47. The Morgan fingerprint density at radius 2 is 1.90 bits per heavy atom. The Balaban J connectivity index is 1.80. The molecule has 0 amide bonds. The topological polar surface area (TPSA) is 39.2 Å². The Kier molecular flexibility index (Phi) is 3.37. The second-order valence-electron chi connectivity index (χ2n) is 7.22. The highest BCUT2D eigenvalue weighted by atomic mass is 16.3. The number of benzene rings is 1. The first-order valence-corrected chi connectivity index (χ1v) is 7.70. The van der Waals surface area contributed by atoms with E-state index in [1.807, 2.05) is 6.07 Å². The minimum atomic E-state index is 0.0406. The van der Waals surface area contributed by atoms with Crippen LogP contribution in [0.4, 0.5) is 0 Å². The zero-order valence-corrected chi connectivity index (χ0v) is 12.8. The van der Waals surface area contributed by atoms with E-state index in [0.717, 1.165) is 11.3 Å². The summed E-state index contributed by atoms with van der Waals surface area (Å²) in [5, 5.41) is 1.17. The standard InChI is InChI=1S/C18H25NO/c1-12-4-5-15-14(10-12)11-16(20-15)17(19)13-6-8-18(2,3)9-7-13/h4-5,10-11,13,17H,6-9,19H2,1-3H3. The normalized spacial score (nSPS) is 21.2. The van der Waals surface area contributed by atoms with Gasteiger partial charge in [-0.25, -0.2) is 0 Å². The molecular weight excluding hydrogens is 246 g/mol. The minimum absolute atomic E-state index is 0.0406. The van der Waals surface area contributed by atoms with Crippen molar-refractivity contribution >= 4 is 11.0 Å². The van der Waals surface area contributed by atoms with Crippen LogP contribution >= 0.6 is 0 Å². The van der Waals surface area contributed by atoms with Crippen LogP contribution in [-0.2, 0) is 0 Å². The smallest absolute Gasteiger partial charge is 0.134 e. The molecule has 1 fully saturated rings. The van der Waals surface area contributed by atoms with Crippen LogP contribution in [0.2, 0.25) is 0 Å². The van der Waals surface area contributed by atoms with Gasteiger partial charge in [0.15, 0.2) is 0 Å². The molecule has 0 bridgehead atoms. The van der Waals surface area contributed by atoms with Crippen molar-refractivity contribution in [3.63, 3.8) is 0 Å². The van der Waals surface area contributed by atoms with Gasteiger partial charge in [-0.2, -0.15) is 0 Å². The molecule has 2 nitrogen and oxygen atoms in total. The van der Waals surface area contributed by atoms with Gasteiger partial charge in [0.25, 0.3) is 0 Å². The lowest BCUT2D eigenvalue weighted by atomic mass is 9.71. The highest BCUT2D eigenvalue weighted by molar-refractivity contribution is 5.78. The van der Waals surface area contributed by atoms with Gasteiger partial charge in [-0.1, -0.05) is 25.5 Å². The van der Waals surface area contributed by atoms with Crippen molar-refractivity contribution < 1.29 is 4.42 Å². The highest BCUT2D eigenvalue weighted by Gasteiger charge is 2.31. The molecule has 1 atom stereocenters. The number of hydrogen-bond acceptors (Lipinski definition) is 2. The van der Waals surface area contributed by atoms with E-state index in [9.17, 15) is 0 Å². The molecule has 0 radical (unpaired) electrons. The van der Waals surface area contributed by atoms with Gasteiger partial charge in [0.05, 0.1) is 6.04 Å². The Hall–Kier alpha value is -1.28. The molecule has 1 aromatic carbocycles. The molecule has 0 aliphatic heterocycles. The predicted molar refractivity (Wildman–Crippen MR) is 83.6 cm³/mol. The van der Waals surface area contributed by atoms with Crippen molar-refractivity contribution in [3.8, 4) is 0 Å². The largest absolute Gasteiger partial charge is 0.459 e. The predicted octanol–water partition coefficient (Wildman–Crippen LogP) is 4.96. The van der Waals surface area contributed by atoms with Crippen molar-refractivity contribution in [1.82, 2.24) is 0 Å². The number of fused-ring (bicyclic) bond motifs is 1. The molecule has 1 aliphatic carbocycles. The van der Waals surface area contributed by atoms with Crippen LogP contribution < -0.4 is 5.73 Å². The van der Waals surface area contributed by atoms with Gasteiger partial charge in [-0.15, -0.1) is 0 Å². The Morgan fingerprint density at radius 3 is 2.60 bits per heavy atom. The summed E-state index contributed by atoms with van der Waals surface area (Å²) in [6.45, 7) is 6.83. The number of rotatable bonds is 2. The molecule has 1 aromatic heterocycles. The third-order valence-corrected chi connectivity index (χ3v) is 4.91. The molecule has 108 valence electrons. The lowest BCUT2D eigenvalue weighted by Crippen LogP contribution is -2.28. The molecule has 0 spiro atoms. The van der Waals surface area contributed by atoms with E-state index in [4.69, 9.17) is 10.2 Å². The Morgan fingerprint density at radius 1 is 1.20 bits per heavy atom. The van der Waals surface area contributed by atoms with E-state index in [1.165, 1.54) is 36.6 Å². The summed E-state index contributed by atoms with van der Waals surface area (Å²) < 4.78 is 5.97.